The van der Waals surface area contributed by atoms with E-state index >= 15 is 0 Å². The Kier molecular flexibility index (Phi) is 4.49. The van der Waals surface area contributed by atoms with Gasteiger partial charge in [-0.1, -0.05) is 30.3 Å². The molecular formula is C23H20N2O5S. The van der Waals surface area contributed by atoms with Gasteiger partial charge in [0.1, 0.15) is 0 Å². The van der Waals surface area contributed by atoms with Crippen LogP contribution >= 0.6 is 0 Å². The van der Waals surface area contributed by atoms with Crippen molar-refractivity contribution in [3.8, 4) is 22.6 Å². The van der Waals surface area contributed by atoms with Crippen molar-refractivity contribution in [3.05, 3.63) is 72.3 Å². The van der Waals surface area contributed by atoms with Crippen LogP contribution in [0.2, 0.25) is 0 Å². The minimum atomic E-state index is -3.74. The molecule has 158 valence electrons. The fourth-order valence-corrected chi connectivity index (χ4v) is 4.35. The minimum Gasteiger partial charge on any atom is -0.454 e. The van der Waals surface area contributed by atoms with E-state index in [4.69, 9.17) is 14.6 Å². The summed E-state index contributed by atoms with van der Waals surface area (Å²) in [7, 11) is -3.74. The quantitative estimate of drug-likeness (QED) is 0.637. The monoisotopic (exact) mass is 436 g/mol. The van der Waals surface area contributed by atoms with E-state index < -0.39 is 15.4 Å². The summed E-state index contributed by atoms with van der Waals surface area (Å²) >= 11 is 0. The summed E-state index contributed by atoms with van der Waals surface area (Å²) < 4.78 is 33.7. The molecule has 0 unspecified atom stereocenters. The number of benzene rings is 3. The first-order valence-corrected chi connectivity index (χ1v) is 11.3. The SMILES string of the molecule is NS(=O)(=O)c1ccc(-c2cccc(NC(=O)C3(c4ccc5c(c4)OCO5)CC3)c2)cc1. The van der Waals surface area contributed by atoms with E-state index in [9.17, 15) is 13.2 Å². The van der Waals surface area contributed by atoms with Gasteiger partial charge in [0.15, 0.2) is 11.5 Å². The second kappa shape index (κ2) is 7.11. The number of nitrogens with two attached hydrogens (primary N) is 1. The topological polar surface area (TPSA) is 108 Å². The normalized spacial score (nSPS) is 16.0. The lowest BCUT2D eigenvalue weighted by Gasteiger charge is -2.17. The maximum atomic E-state index is 13.1. The number of carbonyl (C=O) groups excluding carboxylic acids is 1. The number of sulfonamides is 1. The molecule has 1 amide bonds. The summed E-state index contributed by atoms with van der Waals surface area (Å²) in [5.41, 5.74) is 2.70. The Morgan fingerprint density at radius 2 is 1.65 bits per heavy atom. The molecule has 3 aromatic rings. The third kappa shape index (κ3) is 3.64. The number of primary sulfonamides is 1. The molecule has 7 nitrogen and oxygen atoms in total. The number of hydrogen-bond donors (Lipinski definition) is 2. The van der Waals surface area contributed by atoms with Gasteiger partial charge in [0, 0.05) is 5.69 Å². The highest BCUT2D eigenvalue weighted by atomic mass is 32.2. The van der Waals surface area contributed by atoms with Crippen LogP contribution < -0.4 is 19.9 Å². The maximum Gasteiger partial charge on any atom is 0.238 e. The number of carbonyl (C=O) groups is 1. The van der Waals surface area contributed by atoms with Gasteiger partial charge in [-0.3, -0.25) is 4.79 Å². The van der Waals surface area contributed by atoms with E-state index in [1.807, 2.05) is 42.5 Å². The van der Waals surface area contributed by atoms with E-state index in [1.165, 1.54) is 12.1 Å². The molecule has 0 aromatic heterocycles. The summed E-state index contributed by atoms with van der Waals surface area (Å²) in [6, 6.07) is 19.4. The smallest absolute Gasteiger partial charge is 0.238 e. The average Bonchev–Trinajstić information content (AvgIpc) is 3.44. The van der Waals surface area contributed by atoms with Crippen LogP contribution in [0.1, 0.15) is 18.4 Å². The number of hydrogen-bond acceptors (Lipinski definition) is 5. The Labute approximate surface area is 179 Å². The zero-order valence-electron chi connectivity index (χ0n) is 16.5. The van der Waals surface area contributed by atoms with Gasteiger partial charge in [-0.25, -0.2) is 13.6 Å². The van der Waals surface area contributed by atoms with Crippen molar-refractivity contribution in [2.75, 3.05) is 12.1 Å². The van der Waals surface area contributed by atoms with E-state index in [0.717, 1.165) is 29.5 Å². The van der Waals surface area contributed by atoms with Crippen LogP contribution in [0.25, 0.3) is 11.1 Å². The summed E-state index contributed by atoms with van der Waals surface area (Å²) in [6.07, 6.45) is 1.54. The third-order valence-electron chi connectivity index (χ3n) is 5.75. The van der Waals surface area contributed by atoms with Crippen LogP contribution in [0.15, 0.2) is 71.6 Å². The van der Waals surface area contributed by atoms with Gasteiger partial charge in [-0.05, 0) is 65.9 Å². The lowest BCUT2D eigenvalue weighted by molar-refractivity contribution is -0.118. The number of rotatable bonds is 5. The van der Waals surface area contributed by atoms with Gasteiger partial charge in [0.05, 0.1) is 10.3 Å². The van der Waals surface area contributed by atoms with Crippen molar-refractivity contribution in [2.45, 2.75) is 23.2 Å². The number of fused-ring (bicyclic) bond motifs is 1. The Morgan fingerprint density at radius 3 is 2.35 bits per heavy atom. The van der Waals surface area contributed by atoms with Crippen LogP contribution in [0, 0.1) is 0 Å². The molecular weight excluding hydrogens is 416 g/mol. The van der Waals surface area contributed by atoms with Crippen molar-refractivity contribution < 1.29 is 22.7 Å². The first-order chi connectivity index (χ1) is 14.8. The van der Waals surface area contributed by atoms with Crippen molar-refractivity contribution in [2.24, 2.45) is 5.14 Å². The van der Waals surface area contributed by atoms with Gasteiger partial charge >= 0.3 is 0 Å². The third-order valence-corrected chi connectivity index (χ3v) is 6.68. The van der Waals surface area contributed by atoms with Gasteiger partial charge in [-0.2, -0.15) is 0 Å². The van der Waals surface area contributed by atoms with Crippen LogP contribution in [0.4, 0.5) is 5.69 Å². The molecule has 2 aliphatic rings. The van der Waals surface area contributed by atoms with E-state index in [1.54, 1.807) is 12.1 Å². The van der Waals surface area contributed by atoms with Crippen LogP contribution in [0.5, 0.6) is 11.5 Å². The van der Waals surface area contributed by atoms with E-state index in [2.05, 4.69) is 5.32 Å². The Balaban J connectivity index is 1.37. The predicted octanol–water partition coefficient (Wildman–Crippen LogP) is 3.40. The number of anilines is 1. The van der Waals surface area contributed by atoms with Crippen molar-refractivity contribution in [1.29, 1.82) is 0 Å². The highest BCUT2D eigenvalue weighted by Gasteiger charge is 2.51. The van der Waals surface area contributed by atoms with Crippen LogP contribution in [-0.4, -0.2) is 21.1 Å². The summed E-state index contributed by atoms with van der Waals surface area (Å²) in [6.45, 7) is 0.197. The fourth-order valence-electron chi connectivity index (χ4n) is 3.83. The molecule has 0 spiro atoms. The van der Waals surface area contributed by atoms with Gasteiger partial charge in [-0.15, -0.1) is 0 Å². The minimum absolute atomic E-state index is 0.0557. The van der Waals surface area contributed by atoms with Crippen molar-refractivity contribution in [3.63, 3.8) is 0 Å². The highest BCUT2D eigenvalue weighted by Crippen LogP contribution is 2.51. The van der Waals surface area contributed by atoms with Crippen LogP contribution in [0.3, 0.4) is 0 Å². The highest BCUT2D eigenvalue weighted by molar-refractivity contribution is 7.89. The maximum absolute atomic E-state index is 13.1. The summed E-state index contributed by atoms with van der Waals surface area (Å²) in [5, 5.41) is 8.19. The Hall–Kier alpha value is -3.36. The number of ether oxygens (including phenoxy) is 2. The first-order valence-electron chi connectivity index (χ1n) is 9.80. The lowest BCUT2D eigenvalue weighted by atomic mass is 9.94. The first kappa shape index (κ1) is 19.6. The predicted molar refractivity (Wildman–Crippen MR) is 115 cm³/mol. The van der Waals surface area contributed by atoms with Crippen LogP contribution in [-0.2, 0) is 20.2 Å². The molecule has 5 rings (SSSR count). The fraction of sp³-hybridized carbons (Fsp3) is 0.174. The van der Waals surface area contributed by atoms with E-state index in [-0.39, 0.29) is 17.6 Å². The molecule has 31 heavy (non-hydrogen) atoms. The van der Waals surface area contributed by atoms with E-state index in [0.29, 0.717) is 17.2 Å². The van der Waals surface area contributed by atoms with Crippen molar-refractivity contribution >= 4 is 21.6 Å². The largest absolute Gasteiger partial charge is 0.454 e. The molecule has 0 bridgehead atoms. The molecule has 1 aliphatic heterocycles. The summed E-state index contributed by atoms with van der Waals surface area (Å²) in [4.78, 5) is 13.2. The number of nitrogens with one attached hydrogen (secondary N) is 1. The molecule has 1 saturated carbocycles. The van der Waals surface area contributed by atoms with Gasteiger partial charge in [0.25, 0.3) is 0 Å². The molecule has 1 aliphatic carbocycles. The Bertz CT molecular complexity index is 1280. The molecule has 3 aromatic carbocycles. The molecule has 0 radical (unpaired) electrons. The molecule has 1 heterocycles. The molecule has 3 N–H and O–H groups in total. The molecule has 1 fully saturated rings. The van der Waals surface area contributed by atoms with Gasteiger partial charge in [0.2, 0.25) is 22.7 Å². The molecule has 0 atom stereocenters. The van der Waals surface area contributed by atoms with Gasteiger partial charge < -0.3 is 14.8 Å². The molecule has 0 saturated heterocycles. The second-order valence-corrected chi connectivity index (χ2v) is 9.32. The molecule has 8 heteroatoms. The zero-order chi connectivity index (χ0) is 21.6. The zero-order valence-corrected chi connectivity index (χ0v) is 17.3. The number of amides is 1. The average molecular weight is 436 g/mol. The Morgan fingerprint density at radius 1 is 0.903 bits per heavy atom. The lowest BCUT2D eigenvalue weighted by Crippen LogP contribution is -2.27. The second-order valence-electron chi connectivity index (χ2n) is 7.75. The van der Waals surface area contributed by atoms with Crippen molar-refractivity contribution in [1.82, 2.24) is 0 Å². The standard InChI is InChI=1S/C23H20N2O5S/c24-31(27,28)19-7-4-15(5-8-19)16-2-1-3-18(12-16)25-22(26)23(10-11-23)17-6-9-20-21(13-17)30-14-29-20/h1-9,12-13H,10-11,14H2,(H,25,26)(H2,24,27,28). The summed E-state index contributed by atoms with van der Waals surface area (Å²) in [5.74, 6) is 1.30.